The number of urea groups is 1. The van der Waals surface area contributed by atoms with E-state index in [0.29, 0.717) is 12.2 Å². The molecule has 0 saturated carbocycles. The van der Waals surface area contributed by atoms with Gasteiger partial charge in [-0.2, -0.15) is 0 Å². The van der Waals surface area contributed by atoms with Gasteiger partial charge in [0.25, 0.3) is 0 Å². The van der Waals surface area contributed by atoms with Crippen molar-refractivity contribution >= 4 is 29.0 Å². The number of nitrogens with zero attached hydrogens (tertiary/aromatic N) is 1. The minimum Gasteiger partial charge on any atom is -0.330 e. The molecule has 0 aliphatic carbocycles. The normalized spacial score (nSPS) is 15.5. The van der Waals surface area contributed by atoms with Crippen molar-refractivity contribution in [3.05, 3.63) is 87.6 Å². The van der Waals surface area contributed by atoms with Gasteiger partial charge in [-0.3, -0.25) is 4.79 Å². The number of thiophene rings is 1. The quantitative estimate of drug-likeness (QED) is 0.678. The fraction of sp³-hybridized carbons (Fsp3) is 0.217. The van der Waals surface area contributed by atoms with Crippen molar-refractivity contribution in [2.75, 3.05) is 18.4 Å². The van der Waals surface area contributed by atoms with Gasteiger partial charge in [-0.05, 0) is 53.6 Å². The van der Waals surface area contributed by atoms with Gasteiger partial charge in [0.05, 0.1) is 12.6 Å². The fourth-order valence-electron chi connectivity index (χ4n) is 3.74. The highest BCUT2D eigenvalue weighted by Crippen LogP contribution is 2.37. The molecule has 5 nitrogen and oxygen atoms in total. The van der Waals surface area contributed by atoms with Gasteiger partial charge in [-0.1, -0.05) is 42.5 Å². The van der Waals surface area contributed by atoms with Crippen LogP contribution in [-0.4, -0.2) is 29.9 Å². The number of nitrogens with one attached hydrogen (secondary N) is 2. The Bertz CT molecular complexity index is 1020. The average molecular weight is 406 g/mol. The van der Waals surface area contributed by atoms with Crippen LogP contribution in [0.2, 0.25) is 0 Å². The van der Waals surface area contributed by atoms with Gasteiger partial charge in [0.15, 0.2) is 0 Å². The van der Waals surface area contributed by atoms with E-state index >= 15 is 0 Å². The monoisotopic (exact) mass is 405 g/mol. The lowest BCUT2D eigenvalue weighted by molar-refractivity contribution is -0.132. The van der Waals surface area contributed by atoms with Crippen molar-refractivity contribution < 1.29 is 9.59 Å². The smallest absolute Gasteiger partial charge is 0.319 e. The lowest BCUT2D eigenvalue weighted by atomic mass is 9.93. The van der Waals surface area contributed by atoms with Gasteiger partial charge in [-0.25, -0.2) is 4.79 Å². The molecule has 0 saturated heterocycles. The molecule has 1 aliphatic rings. The average Bonchev–Trinajstić information content (AvgIpc) is 3.21. The molecule has 2 heterocycles. The van der Waals surface area contributed by atoms with Crippen LogP contribution >= 0.6 is 11.3 Å². The summed E-state index contributed by atoms with van der Waals surface area (Å²) >= 11 is 1.74. The first-order valence-electron chi connectivity index (χ1n) is 9.64. The van der Waals surface area contributed by atoms with E-state index in [9.17, 15) is 9.59 Å². The van der Waals surface area contributed by atoms with Gasteiger partial charge in [0, 0.05) is 17.1 Å². The lowest BCUT2D eigenvalue weighted by Gasteiger charge is -2.36. The molecule has 148 valence electrons. The lowest BCUT2D eigenvalue weighted by Crippen LogP contribution is -2.45. The molecule has 2 aromatic carbocycles. The maximum absolute atomic E-state index is 13.0. The Hall–Kier alpha value is -3.12. The molecule has 0 radical (unpaired) electrons. The van der Waals surface area contributed by atoms with E-state index in [1.807, 2.05) is 54.3 Å². The number of rotatable bonds is 4. The second-order valence-electron chi connectivity index (χ2n) is 7.13. The van der Waals surface area contributed by atoms with Crippen molar-refractivity contribution in [3.63, 3.8) is 0 Å². The Morgan fingerprint density at radius 2 is 1.93 bits per heavy atom. The maximum Gasteiger partial charge on any atom is 0.319 e. The van der Waals surface area contributed by atoms with E-state index in [1.54, 1.807) is 11.3 Å². The molecule has 1 unspecified atom stereocenters. The molecule has 1 aliphatic heterocycles. The van der Waals surface area contributed by atoms with E-state index < -0.39 is 0 Å². The van der Waals surface area contributed by atoms with Crippen molar-refractivity contribution in [1.82, 2.24) is 10.2 Å². The van der Waals surface area contributed by atoms with Gasteiger partial charge < -0.3 is 15.5 Å². The van der Waals surface area contributed by atoms with E-state index in [1.165, 1.54) is 10.4 Å². The fourth-order valence-corrected chi connectivity index (χ4v) is 4.64. The molecule has 0 bridgehead atoms. The molecular formula is C23H23N3O2S. The zero-order valence-electron chi connectivity index (χ0n) is 16.2. The Labute approximate surface area is 174 Å². The van der Waals surface area contributed by atoms with Crippen LogP contribution in [0.15, 0.2) is 66.0 Å². The minimum absolute atomic E-state index is 0.0412. The molecule has 3 aromatic rings. The number of aryl methyl sites for hydroxylation is 1. The van der Waals surface area contributed by atoms with E-state index in [0.717, 1.165) is 17.5 Å². The number of hydrogen-bond donors (Lipinski definition) is 2. The summed E-state index contributed by atoms with van der Waals surface area (Å²) in [6.45, 7) is 2.57. The summed E-state index contributed by atoms with van der Waals surface area (Å²) in [4.78, 5) is 28.4. The zero-order valence-corrected chi connectivity index (χ0v) is 17.0. The molecule has 2 N–H and O–H groups in total. The molecule has 1 atom stereocenters. The summed E-state index contributed by atoms with van der Waals surface area (Å²) in [6.07, 6.45) is 0.845. The standard InChI is InChI=1S/C23H23N3O2S/c1-16-6-5-9-18(14-16)25-23(28)24-15-21(27)26-12-10-20-19(11-13-29-20)22(26)17-7-3-2-4-8-17/h2-9,11,13-14,22H,10,12,15H2,1H3,(H2,24,25,28). The van der Waals surface area contributed by atoms with Crippen molar-refractivity contribution in [2.45, 2.75) is 19.4 Å². The highest BCUT2D eigenvalue weighted by Gasteiger charge is 2.32. The summed E-state index contributed by atoms with van der Waals surface area (Å²) < 4.78 is 0. The Balaban J connectivity index is 1.45. The molecule has 0 spiro atoms. The van der Waals surface area contributed by atoms with Crippen LogP contribution in [0.5, 0.6) is 0 Å². The second kappa shape index (κ2) is 8.49. The first kappa shape index (κ1) is 19.2. The first-order valence-corrected chi connectivity index (χ1v) is 10.5. The summed E-state index contributed by atoms with van der Waals surface area (Å²) in [6, 6.07) is 19.2. The predicted octanol–water partition coefficient (Wildman–Crippen LogP) is 4.35. The van der Waals surface area contributed by atoms with Crippen LogP contribution in [0.25, 0.3) is 0 Å². The Kier molecular flexibility index (Phi) is 5.62. The number of carbonyl (C=O) groups is 2. The van der Waals surface area contributed by atoms with Crippen LogP contribution in [0.4, 0.5) is 10.5 Å². The zero-order chi connectivity index (χ0) is 20.2. The largest absolute Gasteiger partial charge is 0.330 e. The molecule has 29 heavy (non-hydrogen) atoms. The molecular weight excluding hydrogens is 382 g/mol. The molecule has 6 heteroatoms. The van der Waals surface area contributed by atoms with E-state index in [2.05, 4.69) is 34.2 Å². The summed E-state index contributed by atoms with van der Waals surface area (Å²) in [5.74, 6) is -0.0879. The van der Waals surface area contributed by atoms with Crippen LogP contribution in [0, 0.1) is 6.92 Å². The predicted molar refractivity (Wildman–Crippen MR) is 116 cm³/mol. The third-order valence-electron chi connectivity index (χ3n) is 5.08. The highest BCUT2D eigenvalue weighted by molar-refractivity contribution is 7.10. The Morgan fingerprint density at radius 1 is 1.10 bits per heavy atom. The van der Waals surface area contributed by atoms with Gasteiger partial charge in [-0.15, -0.1) is 11.3 Å². The summed E-state index contributed by atoms with van der Waals surface area (Å²) in [5, 5.41) is 7.56. The minimum atomic E-state index is -0.381. The van der Waals surface area contributed by atoms with Gasteiger partial charge >= 0.3 is 6.03 Å². The third kappa shape index (κ3) is 4.32. The Morgan fingerprint density at radius 3 is 2.72 bits per heavy atom. The first-order chi connectivity index (χ1) is 14.1. The van der Waals surface area contributed by atoms with Crippen molar-refractivity contribution in [1.29, 1.82) is 0 Å². The SMILES string of the molecule is Cc1cccc(NC(=O)NCC(=O)N2CCc3sccc3C2c2ccccc2)c1. The van der Waals surface area contributed by atoms with Crippen molar-refractivity contribution in [3.8, 4) is 0 Å². The second-order valence-corrected chi connectivity index (χ2v) is 8.13. The van der Waals surface area contributed by atoms with E-state index in [4.69, 9.17) is 0 Å². The molecule has 1 aromatic heterocycles. The topological polar surface area (TPSA) is 61.4 Å². The van der Waals surface area contributed by atoms with Gasteiger partial charge in [0.2, 0.25) is 5.91 Å². The van der Waals surface area contributed by atoms with Crippen LogP contribution in [0.1, 0.15) is 27.6 Å². The van der Waals surface area contributed by atoms with E-state index in [-0.39, 0.29) is 24.5 Å². The summed E-state index contributed by atoms with van der Waals surface area (Å²) in [7, 11) is 0. The number of carbonyl (C=O) groups excluding carboxylic acids is 2. The van der Waals surface area contributed by atoms with Crippen LogP contribution in [-0.2, 0) is 11.2 Å². The molecule has 4 rings (SSSR count). The van der Waals surface area contributed by atoms with Crippen LogP contribution < -0.4 is 10.6 Å². The van der Waals surface area contributed by atoms with Gasteiger partial charge in [0.1, 0.15) is 0 Å². The third-order valence-corrected chi connectivity index (χ3v) is 6.07. The number of hydrogen-bond acceptors (Lipinski definition) is 3. The number of fused-ring (bicyclic) bond motifs is 1. The molecule has 3 amide bonds. The maximum atomic E-state index is 13.0. The highest BCUT2D eigenvalue weighted by atomic mass is 32.1. The van der Waals surface area contributed by atoms with Crippen LogP contribution in [0.3, 0.4) is 0 Å². The number of anilines is 1. The molecule has 0 fully saturated rings. The van der Waals surface area contributed by atoms with Crippen molar-refractivity contribution in [2.24, 2.45) is 0 Å². The number of benzene rings is 2. The summed E-state index contributed by atoms with van der Waals surface area (Å²) in [5.41, 5.74) is 4.04. The number of amides is 3.